The van der Waals surface area contributed by atoms with Crippen LogP contribution in [0.3, 0.4) is 0 Å². The van der Waals surface area contributed by atoms with Gasteiger partial charge in [-0.2, -0.15) is 13.2 Å². The molecule has 1 aliphatic heterocycles. The number of carbonyl (C=O) groups is 1. The SMILES string of the molecule is CC(=O)N[C@@H](C)COC1CCN(c2nc3ccc(OCC(F)(F)F)cc3s2)CC1. The van der Waals surface area contributed by atoms with Crippen molar-refractivity contribution < 1.29 is 27.4 Å². The number of rotatable bonds is 7. The van der Waals surface area contributed by atoms with E-state index in [1.165, 1.54) is 24.3 Å². The summed E-state index contributed by atoms with van der Waals surface area (Å²) < 4.78 is 48.5. The minimum absolute atomic E-state index is 0.0245. The van der Waals surface area contributed by atoms with E-state index in [2.05, 4.69) is 15.2 Å². The number of piperidine rings is 1. The van der Waals surface area contributed by atoms with E-state index in [1.807, 2.05) is 6.92 Å². The van der Waals surface area contributed by atoms with Crippen LogP contribution in [0.1, 0.15) is 26.7 Å². The molecule has 1 aromatic carbocycles. The zero-order valence-corrected chi connectivity index (χ0v) is 17.1. The number of amides is 1. The van der Waals surface area contributed by atoms with Gasteiger partial charge in [0, 0.05) is 26.1 Å². The third kappa shape index (κ3) is 6.46. The van der Waals surface area contributed by atoms with Crippen molar-refractivity contribution in [3.63, 3.8) is 0 Å². The van der Waals surface area contributed by atoms with E-state index >= 15 is 0 Å². The van der Waals surface area contributed by atoms with E-state index in [4.69, 9.17) is 9.47 Å². The molecule has 3 rings (SSSR count). The predicted molar refractivity (Wildman–Crippen MR) is 106 cm³/mol. The quantitative estimate of drug-likeness (QED) is 0.724. The molecular formula is C19H24F3N3O3S. The van der Waals surface area contributed by atoms with Crippen LogP contribution in [0.25, 0.3) is 10.2 Å². The lowest BCUT2D eigenvalue weighted by Crippen LogP contribution is -2.40. The van der Waals surface area contributed by atoms with Crippen molar-refractivity contribution in [1.82, 2.24) is 10.3 Å². The second kappa shape index (κ2) is 9.17. The van der Waals surface area contributed by atoms with Gasteiger partial charge in [0.25, 0.3) is 0 Å². The first-order valence-electron chi connectivity index (χ1n) is 9.43. The molecule has 2 aromatic rings. The summed E-state index contributed by atoms with van der Waals surface area (Å²) in [6.07, 6.45) is -2.52. The lowest BCUT2D eigenvalue weighted by molar-refractivity contribution is -0.153. The largest absolute Gasteiger partial charge is 0.484 e. The highest BCUT2D eigenvalue weighted by atomic mass is 32.1. The molecule has 29 heavy (non-hydrogen) atoms. The summed E-state index contributed by atoms with van der Waals surface area (Å²) in [5.74, 6) is 0.115. The number of carbonyl (C=O) groups excluding carboxylic acids is 1. The molecule has 0 unspecified atom stereocenters. The summed E-state index contributed by atoms with van der Waals surface area (Å²) in [6.45, 7) is 4.14. The molecule has 0 aliphatic carbocycles. The summed E-state index contributed by atoms with van der Waals surface area (Å²) >= 11 is 1.44. The van der Waals surface area contributed by atoms with Crippen LogP contribution in [0.4, 0.5) is 18.3 Å². The number of fused-ring (bicyclic) bond motifs is 1. The second-order valence-corrected chi connectivity index (χ2v) is 8.16. The molecule has 0 saturated carbocycles. The third-order valence-electron chi connectivity index (χ3n) is 4.50. The Morgan fingerprint density at radius 3 is 2.76 bits per heavy atom. The Bertz CT molecular complexity index is 835. The fourth-order valence-corrected chi connectivity index (χ4v) is 4.21. The van der Waals surface area contributed by atoms with Crippen molar-refractivity contribution in [1.29, 1.82) is 0 Å². The molecule has 0 spiro atoms. The molecule has 0 bridgehead atoms. The van der Waals surface area contributed by atoms with E-state index in [-0.39, 0.29) is 23.8 Å². The lowest BCUT2D eigenvalue weighted by atomic mass is 10.1. The van der Waals surface area contributed by atoms with Crippen LogP contribution in [0.2, 0.25) is 0 Å². The first kappa shape index (κ1) is 21.6. The topological polar surface area (TPSA) is 63.7 Å². The summed E-state index contributed by atoms with van der Waals surface area (Å²) in [5.41, 5.74) is 0.742. The van der Waals surface area contributed by atoms with Crippen LogP contribution in [-0.4, -0.2) is 55.5 Å². The molecule has 1 N–H and O–H groups in total. The van der Waals surface area contributed by atoms with Crippen LogP contribution in [0.15, 0.2) is 18.2 Å². The van der Waals surface area contributed by atoms with E-state index in [9.17, 15) is 18.0 Å². The molecule has 1 fully saturated rings. The van der Waals surface area contributed by atoms with Gasteiger partial charge < -0.3 is 19.7 Å². The van der Waals surface area contributed by atoms with Crippen LogP contribution in [-0.2, 0) is 9.53 Å². The Kier molecular flexibility index (Phi) is 6.84. The van der Waals surface area contributed by atoms with Crippen LogP contribution < -0.4 is 15.0 Å². The van der Waals surface area contributed by atoms with Gasteiger partial charge in [-0.25, -0.2) is 4.98 Å². The van der Waals surface area contributed by atoms with Crippen molar-refractivity contribution in [3.05, 3.63) is 18.2 Å². The molecule has 1 saturated heterocycles. The average Bonchev–Trinajstić information content (AvgIpc) is 3.07. The molecule has 160 valence electrons. The first-order valence-corrected chi connectivity index (χ1v) is 10.2. The Labute approximate surface area is 171 Å². The van der Waals surface area contributed by atoms with Gasteiger partial charge in [-0.05, 0) is 38.0 Å². The Hall–Kier alpha value is -2.07. The van der Waals surface area contributed by atoms with Gasteiger partial charge >= 0.3 is 6.18 Å². The third-order valence-corrected chi connectivity index (χ3v) is 5.57. The lowest BCUT2D eigenvalue weighted by Gasteiger charge is -2.32. The number of anilines is 1. The van der Waals surface area contributed by atoms with Crippen molar-refractivity contribution in [2.45, 2.75) is 45.0 Å². The molecule has 6 nitrogen and oxygen atoms in total. The van der Waals surface area contributed by atoms with Crippen LogP contribution in [0.5, 0.6) is 5.75 Å². The van der Waals surface area contributed by atoms with Gasteiger partial charge in [-0.15, -0.1) is 0 Å². The highest BCUT2D eigenvalue weighted by molar-refractivity contribution is 7.22. The Morgan fingerprint density at radius 2 is 2.10 bits per heavy atom. The summed E-state index contributed by atoms with van der Waals surface area (Å²) in [4.78, 5) is 17.8. The number of ether oxygens (including phenoxy) is 2. The van der Waals surface area contributed by atoms with Crippen molar-refractivity contribution >= 4 is 32.6 Å². The van der Waals surface area contributed by atoms with E-state index in [0.29, 0.717) is 6.61 Å². The van der Waals surface area contributed by atoms with Crippen molar-refractivity contribution in [2.75, 3.05) is 31.2 Å². The minimum Gasteiger partial charge on any atom is -0.484 e. The zero-order valence-electron chi connectivity index (χ0n) is 16.3. The van der Waals surface area contributed by atoms with Crippen molar-refractivity contribution in [2.24, 2.45) is 0 Å². The number of aromatic nitrogens is 1. The fraction of sp³-hybridized carbons (Fsp3) is 0.579. The van der Waals surface area contributed by atoms with Gasteiger partial charge in [0.1, 0.15) is 5.75 Å². The molecule has 2 heterocycles. The van der Waals surface area contributed by atoms with Gasteiger partial charge in [0.15, 0.2) is 11.7 Å². The normalized spacial score (nSPS) is 16.8. The molecule has 1 aliphatic rings. The van der Waals surface area contributed by atoms with Crippen LogP contribution >= 0.6 is 11.3 Å². The van der Waals surface area contributed by atoms with E-state index in [0.717, 1.165) is 41.3 Å². The van der Waals surface area contributed by atoms with Gasteiger partial charge in [-0.1, -0.05) is 11.3 Å². The standard InChI is InChI=1S/C19H24F3N3O3S/c1-12(23-13(2)26)10-27-14-5-7-25(8-6-14)18-24-16-4-3-15(9-17(16)29-18)28-11-19(20,21)22/h3-4,9,12,14H,5-8,10-11H2,1-2H3,(H,23,26)/t12-/m0/s1. The Balaban J connectivity index is 1.53. The average molecular weight is 431 g/mol. The van der Waals surface area contributed by atoms with E-state index in [1.54, 1.807) is 12.1 Å². The summed E-state index contributed by atoms with van der Waals surface area (Å²) in [6, 6.07) is 4.76. The first-order chi connectivity index (χ1) is 13.7. The number of hydrogen-bond donors (Lipinski definition) is 1. The number of hydrogen-bond acceptors (Lipinski definition) is 6. The maximum Gasteiger partial charge on any atom is 0.422 e. The zero-order chi connectivity index (χ0) is 21.0. The smallest absolute Gasteiger partial charge is 0.422 e. The van der Waals surface area contributed by atoms with Gasteiger partial charge in [-0.3, -0.25) is 4.79 Å². The highest BCUT2D eigenvalue weighted by Gasteiger charge is 2.28. The number of alkyl halides is 3. The summed E-state index contributed by atoms with van der Waals surface area (Å²) in [5, 5.41) is 3.64. The van der Waals surface area contributed by atoms with Crippen LogP contribution in [0, 0.1) is 0 Å². The maximum atomic E-state index is 12.3. The molecular weight excluding hydrogens is 407 g/mol. The number of nitrogens with one attached hydrogen (secondary N) is 1. The molecule has 10 heteroatoms. The number of halogens is 3. The number of thiazole rings is 1. The second-order valence-electron chi connectivity index (χ2n) is 7.15. The number of nitrogens with zero attached hydrogens (tertiary/aromatic N) is 2. The maximum absolute atomic E-state index is 12.3. The predicted octanol–water partition coefficient (Wildman–Crippen LogP) is 3.75. The summed E-state index contributed by atoms with van der Waals surface area (Å²) in [7, 11) is 0. The molecule has 1 aromatic heterocycles. The van der Waals surface area contributed by atoms with Gasteiger partial charge in [0.2, 0.25) is 5.91 Å². The monoisotopic (exact) mass is 431 g/mol. The minimum atomic E-state index is -4.36. The molecule has 1 amide bonds. The highest BCUT2D eigenvalue weighted by Crippen LogP contribution is 2.33. The van der Waals surface area contributed by atoms with Gasteiger partial charge in [0.05, 0.1) is 22.9 Å². The number of benzene rings is 1. The van der Waals surface area contributed by atoms with Crippen molar-refractivity contribution in [3.8, 4) is 5.75 Å². The Morgan fingerprint density at radius 1 is 1.38 bits per heavy atom. The fourth-order valence-electron chi connectivity index (χ4n) is 3.17. The molecule has 0 radical (unpaired) electrons. The van der Waals surface area contributed by atoms with E-state index < -0.39 is 12.8 Å². The molecule has 1 atom stereocenters.